The lowest BCUT2D eigenvalue weighted by Crippen LogP contribution is -2.40. The summed E-state index contributed by atoms with van der Waals surface area (Å²) in [5.74, 6) is 1.08. The van der Waals surface area contributed by atoms with Crippen molar-refractivity contribution in [3.8, 4) is 5.75 Å². The van der Waals surface area contributed by atoms with Crippen LogP contribution in [0.1, 0.15) is 85.0 Å². The van der Waals surface area contributed by atoms with Gasteiger partial charge in [-0.25, -0.2) is 0 Å². The van der Waals surface area contributed by atoms with Crippen LogP contribution < -0.4 is 4.43 Å². The molecule has 0 amide bonds. The Morgan fingerprint density at radius 1 is 0.667 bits per heavy atom. The zero-order valence-electron chi connectivity index (χ0n) is 16.5. The third-order valence-electron chi connectivity index (χ3n) is 5.35. The second-order valence-corrected chi connectivity index (χ2v) is 11.7. The van der Waals surface area contributed by atoms with Gasteiger partial charge in [0.2, 0.25) is 0 Å². The van der Waals surface area contributed by atoms with Crippen LogP contribution in [-0.2, 0) is 0 Å². The molecular weight excluding hydrogens is 308 g/mol. The molecule has 0 N–H and O–H groups in total. The van der Waals surface area contributed by atoms with Crippen LogP contribution in [0.25, 0.3) is 0 Å². The fourth-order valence-electron chi connectivity index (χ4n) is 3.47. The molecule has 0 saturated heterocycles. The SMILES string of the molecule is CCCCCCCCCCCC[Si](CC)(CC)Oc1ccccc1. The molecule has 2 heteroatoms. The van der Waals surface area contributed by atoms with Crippen molar-refractivity contribution in [2.24, 2.45) is 0 Å². The first-order chi connectivity index (χ1) is 11.8. The van der Waals surface area contributed by atoms with Crippen LogP contribution in [0.3, 0.4) is 0 Å². The number of unbranched alkanes of at least 4 members (excludes halogenated alkanes) is 9. The Morgan fingerprint density at radius 3 is 1.67 bits per heavy atom. The van der Waals surface area contributed by atoms with Gasteiger partial charge in [0.05, 0.1) is 0 Å². The highest BCUT2D eigenvalue weighted by Gasteiger charge is 2.32. The molecule has 0 atom stereocenters. The highest BCUT2D eigenvalue weighted by Crippen LogP contribution is 2.28. The first-order valence-electron chi connectivity index (χ1n) is 10.5. The number of rotatable bonds is 15. The summed E-state index contributed by atoms with van der Waals surface area (Å²) in [5, 5.41) is 0. The number of benzene rings is 1. The Hall–Kier alpha value is -0.763. The zero-order chi connectivity index (χ0) is 17.5. The van der Waals surface area contributed by atoms with E-state index in [9.17, 15) is 0 Å². The van der Waals surface area contributed by atoms with E-state index in [0.717, 1.165) is 5.75 Å². The highest BCUT2D eigenvalue weighted by atomic mass is 28.4. The number of para-hydroxylation sites is 1. The predicted molar refractivity (Wildman–Crippen MR) is 110 cm³/mol. The number of hydrogen-bond acceptors (Lipinski definition) is 1. The molecule has 1 rings (SSSR count). The molecule has 0 bridgehead atoms. The maximum absolute atomic E-state index is 6.52. The number of hydrogen-bond donors (Lipinski definition) is 0. The summed E-state index contributed by atoms with van der Waals surface area (Å²) >= 11 is 0. The fraction of sp³-hybridized carbons (Fsp3) is 0.727. The van der Waals surface area contributed by atoms with Gasteiger partial charge >= 0.3 is 0 Å². The Bertz CT molecular complexity index is 386. The average Bonchev–Trinajstić information content (AvgIpc) is 2.63. The Morgan fingerprint density at radius 2 is 1.17 bits per heavy atom. The summed E-state index contributed by atoms with van der Waals surface area (Å²) in [6, 6.07) is 14.3. The van der Waals surface area contributed by atoms with Gasteiger partial charge in [-0.05, 0) is 30.3 Å². The maximum Gasteiger partial charge on any atom is 0.250 e. The van der Waals surface area contributed by atoms with Crippen LogP contribution in [0.15, 0.2) is 30.3 Å². The van der Waals surface area contributed by atoms with Crippen molar-refractivity contribution in [3.63, 3.8) is 0 Å². The van der Waals surface area contributed by atoms with Crippen LogP contribution in [0.2, 0.25) is 18.1 Å². The Kier molecular flexibility index (Phi) is 12.0. The lowest BCUT2D eigenvalue weighted by Gasteiger charge is -2.30. The molecule has 1 nitrogen and oxygen atoms in total. The van der Waals surface area contributed by atoms with Crippen molar-refractivity contribution in [2.45, 2.75) is 103 Å². The molecule has 0 spiro atoms. The van der Waals surface area contributed by atoms with Crippen LogP contribution >= 0.6 is 0 Å². The summed E-state index contributed by atoms with van der Waals surface area (Å²) < 4.78 is 6.52. The van der Waals surface area contributed by atoms with Gasteiger partial charge in [0.25, 0.3) is 8.32 Å². The largest absolute Gasteiger partial charge is 0.543 e. The Balaban J connectivity index is 2.17. The maximum atomic E-state index is 6.52. The van der Waals surface area contributed by atoms with Gasteiger partial charge in [0.1, 0.15) is 5.75 Å². The Labute approximate surface area is 152 Å². The minimum Gasteiger partial charge on any atom is -0.543 e. The highest BCUT2D eigenvalue weighted by molar-refractivity contribution is 6.74. The first-order valence-corrected chi connectivity index (χ1v) is 13.0. The third-order valence-corrected chi connectivity index (χ3v) is 9.86. The van der Waals surface area contributed by atoms with E-state index in [4.69, 9.17) is 4.43 Å². The van der Waals surface area contributed by atoms with Gasteiger partial charge in [0.15, 0.2) is 0 Å². The lowest BCUT2D eigenvalue weighted by atomic mass is 10.1. The molecule has 0 aliphatic heterocycles. The molecule has 0 unspecified atom stereocenters. The topological polar surface area (TPSA) is 9.23 Å². The van der Waals surface area contributed by atoms with Gasteiger partial charge in [-0.3, -0.25) is 0 Å². The molecule has 0 aliphatic carbocycles. The van der Waals surface area contributed by atoms with E-state index in [2.05, 4.69) is 51.1 Å². The first kappa shape index (κ1) is 21.3. The van der Waals surface area contributed by atoms with Crippen LogP contribution in [0.4, 0.5) is 0 Å². The van der Waals surface area contributed by atoms with Crippen molar-refractivity contribution < 1.29 is 4.43 Å². The molecule has 1 aromatic rings. The molecule has 0 radical (unpaired) electrons. The summed E-state index contributed by atoms with van der Waals surface area (Å²) in [6.07, 6.45) is 14.1. The molecule has 0 aliphatic rings. The van der Waals surface area contributed by atoms with Gasteiger partial charge in [-0.1, -0.05) is 103 Å². The van der Waals surface area contributed by atoms with E-state index in [1.807, 2.05) is 0 Å². The average molecular weight is 349 g/mol. The summed E-state index contributed by atoms with van der Waals surface area (Å²) in [4.78, 5) is 0. The molecule has 0 saturated carbocycles. The van der Waals surface area contributed by atoms with Gasteiger partial charge in [-0.15, -0.1) is 0 Å². The molecule has 0 heterocycles. The zero-order valence-corrected chi connectivity index (χ0v) is 17.5. The minimum absolute atomic E-state index is 1.08. The predicted octanol–water partition coefficient (Wildman–Crippen LogP) is 7.97. The summed E-state index contributed by atoms with van der Waals surface area (Å²) in [6.45, 7) is 6.95. The fourth-order valence-corrected chi connectivity index (χ4v) is 6.60. The summed E-state index contributed by atoms with van der Waals surface area (Å²) in [7, 11) is -1.57. The van der Waals surface area contributed by atoms with E-state index >= 15 is 0 Å². The van der Waals surface area contributed by atoms with Crippen LogP contribution in [0, 0.1) is 0 Å². The van der Waals surface area contributed by atoms with Gasteiger partial charge in [-0.2, -0.15) is 0 Å². The molecule has 24 heavy (non-hydrogen) atoms. The van der Waals surface area contributed by atoms with Crippen molar-refractivity contribution in [1.29, 1.82) is 0 Å². The normalized spacial score (nSPS) is 11.6. The van der Waals surface area contributed by atoms with E-state index < -0.39 is 8.32 Å². The van der Waals surface area contributed by atoms with E-state index in [1.54, 1.807) is 0 Å². The van der Waals surface area contributed by atoms with Gasteiger partial charge in [0, 0.05) is 0 Å². The van der Waals surface area contributed by atoms with Crippen molar-refractivity contribution >= 4 is 8.32 Å². The molecular formula is C22H40OSi. The monoisotopic (exact) mass is 348 g/mol. The minimum atomic E-state index is -1.57. The molecule has 0 aromatic heterocycles. The standard InChI is InChI=1S/C22H40OSi/c1-4-7-8-9-10-11-12-13-14-18-21-24(5-2,6-3)23-22-19-16-15-17-20-22/h15-17,19-20H,4-14,18,21H2,1-3H3. The third kappa shape index (κ3) is 8.91. The molecule has 0 fully saturated rings. The molecule has 1 aromatic carbocycles. The van der Waals surface area contributed by atoms with E-state index in [-0.39, 0.29) is 0 Å². The van der Waals surface area contributed by atoms with Gasteiger partial charge < -0.3 is 4.43 Å². The second-order valence-electron chi connectivity index (χ2n) is 7.24. The smallest absolute Gasteiger partial charge is 0.250 e. The summed E-state index contributed by atoms with van der Waals surface area (Å²) in [5.41, 5.74) is 0. The lowest BCUT2D eigenvalue weighted by molar-refractivity contribution is 0.517. The van der Waals surface area contributed by atoms with E-state index in [0.29, 0.717) is 0 Å². The van der Waals surface area contributed by atoms with Crippen molar-refractivity contribution in [2.75, 3.05) is 0 Å². The van der Waals surface area contributed by atoms with Crippen molar-refractivity contribution in [3.05, 3.63) is 30.3 Å². The van der Waals surface area contributed by atoms with Crippen LogP contribution in [0.5, 0.6) is 5.75 Å². The van der Waals surface area contributed by atoms with E-state index in [1.165, 1.54) is 82.3 Å². The second kappa shape index (κ2) is 13.5. The van der Waals surface area contributed by atoms with Crippen molar-refractivity contribution in [1.82, 2.24) is 0 Å². The van der Waals surface area contributed by atoms with Crippen LogP contribution in [-0.4, -0.2) is 8.32 Å². The quantitative estimate of drug-likeness (QED) is 0.230. The molecule has 138 valence electrons.